The third-order valence-corrected chi connectivity index (χ3v) is 3.48. The smallest absolute Gasteiger partial charge is 0.272 e. The minimum atomic E-state index is -0.168. The van der Waals surface area contributed by atoms with E-state index in [2.05, 4.69) is 15.5 Å². The van der Waals surface area contributed by atoms with E-state index in [1.54, 1.807) is 7.11 Å². The first-order valence-corrected chi connectivity index (χ1v) is 6.73. The predicted molar refractivity (Wildman–Crippen MR) is 74.7 cm³/mol. The van der Waals surface area contributed by atoms with Crippen molar-refractivity contribution in [1.82, 2.24) is 15.5 Å². The van der Waals surface area contributed by atoms with Gasteiger partial charge in [-0.1, -0.05) is 18.2 Å². The van der Waals surface area contributed by atoms with E-state index in [0.29, 0.717) is 18.2 Å². The van der Waals surface area contributed by atoms with Gasteiger partial charge in [-0.3, -0.25) is 9.89 Å². The Balaban J connectivity index is 1.63. The Hall–Kier alpha value is -2.30. The number of methoxy groups -OCH3 is 1. The fraction of sp³-hybridized carbons (Fsp3) is 0.333. The van der Waals surface area contributed by atoms with Gasteiger partial charge in [0.25, 0.3) is 5.91 Å². The first-order valence-electron chi connectivity index (χ1n) is 6.73. The Kier molecular flexibility index (Phi) is 3.41. The number of amides is 1. The average molecular weight is 271 g/mol. The van der Waals surface area contributed by atoms with E-state index in [1.807, 2.05) is 30.3 Å². The van der Waals surface area contributed by atoms with Crippen LogP contribution < -0.4 is 10.1 Å². The maximum Gasteiger partial charge on any atom is 0.272 e. The highest BCUT2D eigenvalue weighted by molar-refractivity contribution is 5.92. The van der Waals surface area contributed by atoms with Crippen LogP contribution in [-0.2, 0) is 6.54 Å². The van der Waals surface area contributed by atoms with Crippen LogP contribution in [0.25, 0.3) is 0 Å². The van der Waals surface area contributed by atoms with E-state index in [0.717, 1.165) is 17.0 Å². The number of nitrogens with zero attached hydrogens (tertiary/aromatic N) is 1. The number of aromatic nitrogens is 2. The average Bonchev–Trinajstić information content (AvgIpc) is 3.22. The van der Waals surface area contributed by atoms with Crippen molar-refractivity contribution in [2.45, 2.75) is 25.3 Å². The number of H-pyrrole nitrogens is 1. The second-order valence-electron chi connectivity index (χ2n) is 4.98. The van der Waals surface area contributed by atoms with E-state index in [9.17, 15) is 4.79 Å². The van der Waals surface area contributed by atoms with E-state index < -0.39 is 0 Å². The quantitative estimate of drug-likeness (QED) is 0.876. The molecule has 1 amide bonds. The highest BCUT2D eigenvalue weighted by atomic mass is 16.5. The number of para-hydroxylation sites is 1. The molecular weight excluding hydrogens is 254 g/mol. The van der Waals surface area contributed by atoms with Crippen molar-refractivity contribution >= 4 is 5.91 Å². The normalized spacial score (nSPS) is 14.1. The Labute approximate surface area is 117 Å². The van der Waals surface area contributed by atoms with Gasteiger partial charge < -0.3 is 10.1 Å². The van der Waals surface area contributed by atoms with Gasteiger partial charge in [-0.05, 0) is 25.0 Å². The van der Waals surface area contributed by atoms with Crippen molar-refractivity contribution in [3.63, 3.8) is 0 Å². The van der Waals surface area contributed by atoms with Gasteiger partial charge in [0.15, 0.2) is 0 Å². The summed E-state index contributed by atoms with van der Waals surface area (Å²) in [6.45, 7) is 0.425. The number of rotatable bonds is 5. The molecule has 5 nitrogen and oxygen atoms in total. The zero-order chi connectivity index (χ0) is 13.9. The minimum absolute atomic E-state index is 0.168. The maximum absolute atomic E-state index is 12.0. The van der Waals surface area contributed by atoms with E-state index in [-0.39, 0.29) is 5.91 Å². The fourth-order valence-corrected chi connectivity index (χ4v) is 2.17. The number of carbonyl (C=O) groups excluding carboxylic acids is 1. The molecule has 1 aliphatic carbocycles. The van der Waals surface area contributed by atoms with Crippen molar-refractivity contribution in [3.8, 4) is 5.75 Å². The molecule has 2 N–H and O–H groups in total. The van der Waals surface area contributed by atoms with E-state index in [4.69, 9.17) is 4.74 Å². The van der Waals surface area contributed by atoms with Crippen molar-refractivity contribution in [2.24, 2.45) is 0 Å². The first kappa shape index (κ1) is 12.7. The van der Waals surface area contributed by atoms with Crippen LogP contribution in [0.2, 0.25) is 0 Å². The summed E-state index contributed by atoms with van der Waals surface area (Å²) in [5.74, 6) is 1.17. The minimum Gasteiger partial charge on any atom is -0.496 e. The number of nitrogens with one attached hydrogen (secondary N) is 2. The molecule has 0 spiro atoms. The maximum atomic E-state index is 12.0. The number of hydrogen-bond donors (Lipinski definition) is 2. The van der Waals surface area contributed by atoms with Gasteiger partial charge in [0.2, 0.25) is 0 Å². The molecule has 1 heterocycles. The Bertz CT molecular complexity index is 617. The lowest BCUT2D eigenvalue weighted by Crippen LogP contribution is -2.23. The SMILES string of the molecule is COc1ccccc1CNC(=O)c1cc(C2CC2)[nH]n1. The molecule has 20 heavy (non-hydrogen) atoms. The van der Waals surface area contributed by atoms with Crippen LogP contribution in [0.1, 0.15) is 40.5 Å². The summed E-state index contributed by atoms with van der Waals surface area (Å²) < 4.78 is 5.25. The fourth-order valence-electron chi connectivity index (χ4n) is 2.17. The van der Waals surface area contributed by atoms with Crippen molar-refractivity contribution in [1.29, 1.82) is 0 Å². The predicted octanol–water partition coefficient (Wildman–Crippen LogP) is 2.23. The molecule has 0 aliphatic heterocycles. The molecule has 0 atom stereocenters. The molecule has 1 fully saturated rings. The standard InChI is InChI=1S/C15H17N3O2/c1-20-14-5-3-2-4-11(14)9-16-15(19)13-8-12(17-18-13)10-6-7-10/h2-5,8,10H,6-7,9H2,1H3,(H,16,19)(H,17,18). The molecule has 1 aromatic carbocycles. The van der Waals surface area contributed by atoms with E-state index >= 15 is 0 Å². The summed E-state index contributed by atoms with van der Waals surface area (Å²) in [5, 5.41) is 9.86. The second-order valence-corrected chi connectivity index (χ2v) is 4.98. The van der Waals surface area contributed by atoms with Gasteiger partial charge in [0.05, 0.1) is 7.11 Å². The van der Waals surface area contributed by atoms with Crippen LogP contribution >= 0.6 is 0 Å². The van der Waals surface area contributed by atoms with Crippen LogP contribution in [0.4, 0.5) is 0 Å². The Morgan fingerprint density at radius 3 is 3.00 bits per heavy atom. The zero-order valence-electron chi connectivity index (χ0n) is 11.3. The number of ether oxygens (including phenoxy) is 1. The lowest BCUT2D eigenvalue weighted by molar-refractivity contribution is 0.0945. The Morgan fingerprint density at radius 1 is 1.45 bits per heavy atom. The first-order chi connectivity index (χ1) is 9.78. The number of aromatic amines is 1. The van der Waals surface area contributed by atoms with Crippen LogP contribution in [0, 0.1) is 0 Å². The van der Waals surface area contributed by atoms with Crippen LogP contribution in [0.15, 0.2) is 30.3 Å². The molecule has 1 aromatic heterocycles. The topological polar surface area (TPSA) is 67.0 Å². The summed E-state index contributed by atoms with van der Waals surface area (Å²) >= 11 is 0. The van der Waals surface area contributed by atoms with Crippen molar-refractivity contribution < 1.29 is 9.53 Å². The zero-order valence-corrected chi connectivity index (χ0v) is 11.3. The highest BCUT2D eigenvalue weighted by Crippen LogP contribution is 2.38. The van der Waals surface area contributed by atoms with E-state index in [1.165, 1.54) is 12.8 Å². The highest BCUT2D eigenvalue weighted by Gasteiger charge is 2.26. The third kappa shape index (κ3) is 2.66. The summed E-state index contributed by atoms with van der Waals surface area (Å²) in [6, 6.07) is 9.47. The molecule has 0 saturated heterocycles. The van der Waals surface area contributed by atoms with Gasteiger partial charge in [-0.15, -0.1) is 0 Å². The van der Waals surface area contributed by atoms with Crippen LogP contribution in [-0.4, -0.2) is 23.2 Å². The Morgan fingerprint density at radius 2 is 2.25 bits per heavy atom. The lowest BCUT2D eigenvalue weighted by Gasteiger charge is -2.08. The molecule has 1 aliphatic rings. The van der Waals surface area contributed by atoms with Gasteiger partial charge in [0, 0.05) is 23.7 Å². The molecule has 104 valence electrons. The third-order valence-electron chi connectivity index (χ3n) is 3.48. The van der Waals surface area contributed by atoms with Gasteiger partial charge in [-0.25, -0.2) is 0 Å². The molecule has 0 bridgehead atoms. The van der Waals surface area contributed by atoms with Crippen molar-refractivity contribution in [3.05, 3.63) is 47.3 Å². The molecule has 0 unspecified atom stereocenters. The molecule has 1 saturated carbocycles. The second kappa shape index (κ2) is 5.36. The number of benzene rings is 1. The monoisotopic (exact) mass is 271 g/mol. The summed E-state index contributed by atoms with van der Waals surface area (Å²) in [6.07, 6.45) is 2.37. The lowest BCUT2D eigenvalue weighted by atomic mass is 10.2. The largest absolute Gasteiger partial charge is 0.496 e. The summed E-state index contributed by atoms with van der Waals surface area (Å²) in [7, 11) is 1.62. The summed E-state index contributed by atoms with van der Waals surface area (Å²) in [5.41, 5.74) is 2.45. The number of carbonyl (C=O) groups is 1. The molecule has 3 rings (SSSR count). The number of hydrogen-bond acceptors (Lipinski definition) is 3. The summed E-state index contributed by atoms with van der Waals surface area (Å²) in [4.78, 5) is 12.0. The molecule has 0 radical (unpaired) electrons. The van der Waals surface area contributed by atoms with Gasteiger partial charge >= 0.3 is 0 Å². The molecule has 5 heteroatoms. The molecule has 2 aromatic rings. The van der Waals surface area contributed by atoms with Crippen molar-refractivity contribution in [2.75, 3.05) is 7.11 Å². The van der Waals surface area contributed by atoms with Gasteiger partial charge in [0.1, 0.15) is 11.4 Å². The van der Waals surface area contributed by atoms with Crippen LogP contribution in [0.3, 0.4) is 0 Å². The molecular formula is C15H17N3O2. The van der Waals surface area contributed by atoms with Crippen LogP contribution in [0.5, 0.6) is 5.75 Å². The van der Waals surface area contributed by atoms with Gasteiger partial charge in [-0.2, -0.15) is 5.10 Å².